The fraction of sp³-hybridized carbons (Fsp3) is 0.125. The molecule has 106 valence electrons. The van der Waals surface area contributed by atoms with Gasteiger partial charge in [-0.1, -0.05) is 18.2 Å². The Kier molecular flexibility index (Phi) is 3.39. The number of nitrogens with zero attached hydrogens (tertiary/aromatic N) is 2. The first-order valence-corrected chi connectivity index (χ1v) is 6.61. The second kappa shape index (κ2) is 5.36. The zero-order valence-electron chi connectivity index (χ0n) is 11.4. The summed E-state index contributed by atoms with van der Waals surface area (Å²) in [6.07, 6.45) is 1.71. The number of esters is 1. The van der Waals surface area contributed by atoms with Crippen LogP contribution in [0.25, 0.3) is 16.8 Å². The van der Waals surface area contributed by atoms with Crippen molar-refractivity contribution >= 4 is 11.5 Å². The van der Waals surface area contributed by atoms with Crippen LogP contribution in [0.1, 0.15) is 17.3 Å². The number of hydrogen-bond donors (Lipinski definition) is 0. The van der Waals surface area contributed by atoms with Crippen LogP contribution >= 0.6 is 0 Å². The van der Waals surface area contributed by atoms with Gasteiger partial charge in [0.05, 0.1) is 12.1 Å². The van der Waals surface area contributed by atoms with Crippen molar-refractivity contribution in [3.8, 4) is 11.3 Å². The Balaban J connectivity index is 2.29. The first-order chi connectivity index (χ1) is 10.2. The van der Waals surface area contributed by atoms with E-state index in [1.54, 1.807) is 54.0 Å². The fourth-order valence-corrected chi connectivity index (χ4v) is 2.25. The first-order valence-electron chi connectivity index (χ1n) is 6.61. The van der Waals surface area contributed by atoms with Crippen molar-refractivity contribution in [2.75, 3.05) is 6.61 Å². The molecule has 0 saturated heterocycles. The van der Waals surface area contributed by atoms with Crippen molar-refractivity contribution in [3.63, 3.8) is 0 Å². The lowest BCUT2D eigenvalue weighted by molar-refractivity contribution is 0.0529. The summed E-state index contributed by atoms with van der Waals surface area (Å²) in [5.74, 6) is -0.927. The SMILES string of the molecule is CCOC(=O)c1c(-c2ccccc2F)nn2ccccc12. The van der Waals surface area contributed by atoms with Crippen LogP contribution in [-0.4, -0.2) is 22.2 Å². The molecule has 4 nitrogen and oxygen atoms in total. The minimum atomic E-state index is -0.503. The summed E-state index contributed by atoms with van der Waals surface area (Å²) in [6, 6.07) is 11.6. The Bertz CT molecular complexity index is 811. The van der Waals surface area contributed by atoms with Gasteiger partial charge in [-0.2, -0.15) is 5.10 Å². The van der Waals surface area contributed by atoms with E-state index in [1.165, 1.54) is 6.07 Å². The molecule has 21 heavy (non-hydrogen) atoms. The Morgan fingerprint density at radius 1 is 1.24 bits per heavy atom. The number of hydrogen-bond acceptors (Lipinski definition) is 3. The molecule has 3 aromatic rings. The molecule has 0 aliphatic rings. The van der Waals surface area contributed by atoms with Gasteiger partial charge in [-0.3, -0.25) is 0 Å². The van der Waals surface area contributed by atoms with Gasteiger partial charge in [-0.25, -0.2) is 13.7 Å². The smallest absolute Gasteiger partial charge is 0.342 e. The summed E-state index contributed by atoms with van der Waals surface area (Å²) in [5, 5.41) is 4.32. The Morgan fingerprint density at radius 3 is 2.76 bits per heavy atom. The molecule has 5 heteroatoms. The van der Waals surface area contributed by atoms with E-state index >= 15 is 0 Å². The molecule has 0 atom stereocenters. The molecule has 0 saturated carbocycles. The summed E-state index contributed by atoms with van der Waals surface area (Å²) < 4.78 is 20.7. The maximum atomic E-state index is 14.0. The van der Waals surface area contributed by atoms with Crippen LogP contribution in [0.15, 0.2) is 48.7 Å². The lowest BCUT2D eigenvalue weighted by atomic mass is 10.1. The predicted octanol–water partition coefficient (Wildman–Crippen LogP) is 3.32. The van der Waals surface area contributed by atoms with E-state index < -0.39 is 11.8 Å². The highest BCUT2D eigenvalue weighted by molar-refractivity contribution is 6.03. The normalized spacial score (nSPS) is 10.8. The van der Waals surface area contributed by atoms with E-state index in [0.29, 0.717) is 5.52 Å². The zero-order chi connectivity index (χ0) is 14.8. The van der Waals surface area contributed by atoms with Crippen molar-refractivity contribution in [2.45, 2.75) is 6.92 Å². The quantitative estimate of drug-likeness (QED) is 0.693. The van der Waals surface area contributed by atoms with E-state index in [9.17, 15) is 9.18 Å². The number of pyridine rings is 1. The van der Waals surface area contributed by atoms with Crippen molar-refractivity contribution in [3.05, 3.63) is 60.0 Å². The van der Waals surface area contributed by atoms with Crippen LogP contribution < -0.4 is 0 Å². The number of carbonyl (C=O) groups excluding carboxylic acids is 1. The van der Waals surface area contributed by atoms with Crippen molar-refractivity contribution in [1.29, 1.82) is 0 Å². The fourth-order valence-electron chi connectivity index (χ4n) is 2.25. The van der Waals surface area contributed by atoms with Crippen LogP contribution in [-0.2, 0) is 4.74 Å². The molecule has 0 bridgehead atoms. The number of carbonyl (C=O) groups is 1. The average molecular weight is 284 g/mol. The van der Waals surface area contributed by atoms with Crippen LogP contribution in [0.3, 0.4) is 0 Å². The molecule has 0 aliphatic heterocycles. The molecular formula is C16H13FN2O2. The summed E-state index contributed by atoms with van der Waals surface area (Å²) in [5.41, 5.74) is 1.44. The second-order valence-corrected chi connectivity index (χ2v) is 4.45. The highest BCUT2D eigenvalue weighted by Crippen LogP contribution is 2.28. The van der Waals surface area contributed by atoms with Crippen LogP contribution in [0.4, 0.5) is 4.39 Å². The molecule has 0 unspecified atom stereocenters. The molecular weight excluding hydrogens is 271 g/mol. The van der Waals surface area contributed by atoms with Crippen molar-refractivity contribution < 1.29 is 13.9 Å². The molecule has 2 heterocycles. The Morgan fingerprint density at radius 2 is 2.00 bits per heavy atom. The van der Waals surface area contributed by atoms with Gasteiger partial charge in [0.2, 0.25) is 0 Å². The third-order valence-electron chi connectivity index (χ3n) is 3.15. The van der Waals surface area contributed by atoms with Crippen molar-refractivity contribution in [2.24, 2.45) is 0 Å². The standard InChI is InChI=1S/C16H13FN2O2/c1-2-21-16(20)14-13-9-5-6-10-19(13)18-15(14)11-7-3-4-8-12(11)17/h3-10H,2H2,1H3. The molecule has 0 fully saturated rings. The number of aromatic nitrogens is 2. The van der Waals surface area contributed by atoms with Gasteiger partial charge in [0.25, 0.3) is 0 Å². The van der Waals surface area contributed by atoms with Crippen LogP contribution in [0.2, 0.25) is 0 Å². The van der Waals surface area contributed by atoms with E-state index in [4.69, 9.17) is 4.74 Å². The summed E-state index contributed by atoms with van der Waals surface area (Å²) in [7, 11) is 0. The minimum Gasteiger partial charge on any atom is -0.462 e. The van der Waals surface area contributed by atoms with Crippen LogP contribution in [0, 0.1) is 5.82 Å². The van der Waals surface area contributed by atoms with Gasteiger partial charge >= 0.3 is 5.97 Å². The summed E-state index contributed by atoms with van der Waals surface area (Å²) in [4.78, 5) is 12.2. The number of ether oxygens (including phenoxy) is 1. The van der Waals surface area contributed by atoms with E-state index in [1.807, 2.05) is 0 Å². The van der Waals surface area contributed by atoms with Gasteiger partial charge in [0.15, 0.2) is 0 Å². The van der Waals surface area contributed by atoms with Gasteiger partial charge in [-0.05, 0) is 31.2 Å². The molecule has 0 spiro atoms. The monoisotopic (exact) mass is 284 g/mol. The molecule has 0 radical (unpaired) electrons. The zero-order valence-corrected chi connectivity index (χ0v) is 11.4. The highest BCUT2D eigenvalue weighted by Gasteiger charge is 2.23. The third kappa shape index (κ3) is 2.27. The van der Waals surface area contributed by atoms with Crippen molar-refractivity contribution in [1.82, 2.24) is 9.61 Å². The number of benzene rings is 1. The van der Waals surface area contributed by atoms with Crippen LogP contribution in [0.5, 0.6) is 0 Å². The first kappa shape index (κ1) is 13.3. The van der Waals surface area contributed by atoms with Gasteiger partial charge in [0.1, 0.15) is 17.1 Å². The van der Waals surface area contributed by atoms with Gasteiger partial charge in [0, 0.05) is 11.8 Å². The largest absolute Gasteiger partial charge is 0.462 e. The second-order valence-electron chi connectivity index (χ2n) is 4.45. The lowest BCUT2D eigenvalue weighted by Crippen LogP contribution is -2.06. The maximum absolute atomic E-state index is 14.0. The maximum Gasteiger partial charge on any atom is 0.342 e. The average Bonchev–Trinajstić information content (AvgIpc) is 2.87. The number of halogens is 1. The number of rotatable bonds is 3. The predicted molar refractivity (Wildman–Crippen MR) is 76.5 cm³/mol. The molecule has 1 aromatic carbocycles. The van der Waals surface area contributed by atoms with Gasteiger partial charge in [-0.15, -0.1) is 0 Å². The molecule has 0 amide bonds. The lowest BCUT2D eigenvalue weighted by Gasteiger charge is -2.04. The van der Waals surface area contributed by atoms with E-state index in [0.717, 1.165) is 0 Å². The molecule has 3 rings (SSSR count). The highest BCUT2D eigenvalue weighted by atomic mass is 19.1. The molecule has 0 N–H and O–H groups in total. The molecule has 0 aliphatic carbocycles. The Labute approximate surface area is 120 Å². The third-order valence-corrected chi connectivity index (χ3v) is 3.15. The Hall–Kier alpha value is -2.69. The van der Waals surface area contributed by atoms with E-state index in [2.05, 4.69) is 5.10 Å². The topological polar surface area (TPSA) is 43.6 Å². The van der Waals surface area contributed by atoms with E-state index in [-0.39, 0.29) is 23.4 Å². The summed E-state index contributed by atoms with van der Waals surface area (Å²) in [6.45, 7) is 1.98. The summed E-state index contributed by atoms with van der Waals surface area (Å²) >= 11 is 0. The minimum absolute atomic E-state index is 0.250. The van der Waals surface area contributed by atoms with Gasteiger partial charge < -0.3 is 4.74 Å². The number of fused-ring (bicyclic) bond motifs is 1. The molecule has 2 aromatic heterocycles.